The Morgan fingerprint density at radius 1 is 1.15 bits per heavy atom. The van der Waals surface area contributed by atoms with E-state index in [9.17, 15) is 9.59 Å². The molecule has 0 radical (unpaired) electrons. The van der Waals surface area contributed by atoms with Gasteiger partial charge >= 0.3 is 5.97 Å². The van der Waals surface area contributed by atoms with Gasteiger partial charge in [-0.25, -0.2) is 4.79 Å². The van der Waals surface area contributed by atoms with Gasteiger partial charge in [-0.1, -0.05) is 17.7 Å². The Kier molecular flexibility index (Phi) is 5.32. The third kappa shape index (κ3) is 3.85. The second kappa shape index (κ2) is 6.75. The van der Waals surface area contributed by atoms with Gasteiger partial charge in [0.2, 0.25) is 0 Å². The number of rotatable bonds is 4. The zero-order valence-corrected chi connectivity index (χ0v) is 12.5. The summed E-state index contributed by atoms with van der Waals surface area (Å²) < 4.78 is 4.56. The molecule has 0 aliphatic carbocycles. The normalized spacial score (nSPS) is 10.9. The SMILES string of the molecule is CNC(=O)/C(=C/C(=O)OC)Nc1c(C)cc(C)cc1C. The number of carbonyl (C=O) groups excluding carboxylic acids is 2. The van der Waals surface area contributed by atoms with Crippen LogP contribution in [0.15, 0.2) is 23.9 Å². The Morgan fingerprint density at radius 3 is 2.15 bits per heavy atom. The van der Waals surface area contributed by atoms with Crippen molar-refractivity contribution < 1.29 is 14.3 Å². The molecular formula is C15H20N2O3. The van der Waals surface area contributed by atoms with E-state index in [4.69, 9.17) is 0 Å². The van der Waals surface area contributed by atoms with Crippen molar-refractivity contribution in [2.45, 2.75) is 20.8 Å². The van der Waals surface area contributed by atoms with Crippen molar-refractivity contribution in [2.75, 3.05) is 19.5 Å². The zero-order chi connectivity index (χ0) is 15.3. The van der Waals surface area contributed by atoms with Crippen LogP contribution in [-0.2, 0) is 14.3 Å². The van der Waals surface area contributed by atoms with Crippen LogP contribution in [0.25, 0.3) is 0 Å². The lowest BCUT2D eigenvalue weighted by Crippen LogP contribution is -2.25. The highest BCUT2D eigenvalue weighted by molar-refractivity contribution is 6.01. The van der Waals surface area contributed by atoms with Gasteiger partial charge in [0.25, 0.3) is 5.91 Å². The zero-order valence-electron chi connectivity index (χ0n) is 12.5. The van der Waals surface area contributed by atoms with Crippen molar-refractivity contribution in [3.8, 4) is 0 Å². The smallest absolute Gasteiger partial charge is 0.332 e. The summed E-state index contributed by atoms with van der Waals surface area (Å²) in [5.41, 5.74) is 4.11. The first-order valence-corrected chi connectivity index (χ1v) is 6.25. The molecule has 1 amide bonds. The summed E-state index contributed by atoms with van der Waals surface area (Å²) in [6.07, 6.45) is 1.14. The highest BCUT2D eigenvalue weighted by atomic mass is 16.5. The first kappa shape index (κ1) is 15.8. The van der Waals surface area contributed by atoms with Crippen LogP contribution in [0.5, 0.6) is 0 Å². The van der Waals surface area contributed by atoms with Gasteiger partial charge in [0.15, 0.2) is 0 Å². The fourth-order valence-corrected chi connectivity index (χ4v) is 1.98. The van der Waals surface area contributed by atoms with Crippen LogP contribution in [0, 0.1) is 20.8 Å². The molecule has 2 N–H and O–H groups in total. The van der Waals surface area contributed by atoms with Crippen LogP contribution in [-0.4, -0.2) is 26.0 Å². The molecule has 0 spiro atoms. The number of ether oxygens (including phenoxy) is 1. The third-order valence-corrected chi connectivity index (χ3v) is 2.87. The van der Waals surface area contributed by atoms with E-state index in [0.29, 0.717) is 0 Å². The molecule has 0 unspecified atom stereocenters. The standard InChI is InChI=1S/C15H20N2O3/c1-9-6-10(2)14(11(3)7-9)17-12(15(19)16-4)8-13(18)20-5/h6-8,17H,1-5H3,(H,16,19)/b12-8-. The number of anilines is 1. The molecule has 5 nitrogen and oxygen atoms in total. The van der Waals surface area contributed by atoms with E-state index in [1.54, 1.807) is 0 Å². The van der Waals surface area contributed by atoms with Crippen LogP contribution in [0.2, 0.25) is 0 Å². The fraction of sp³-hybridized carbons (Fsp3) is 0.333. The predicted octanol–water partition coefficient (Wildman–Crippen LogP) is 1.83. The summed E-state index contributed by atoms with van der Waals surface area (Å²) >= 11 is 0. The Hall–Kier alpha value is -2.30. The minimum Gasteiger partial charge on any atom is -0.466 e. The van der Waals surface area contributed by atoms with E-state index in [0.717, 1.165) is 28.5 Å². The van der Waals surface area contributed by atoms with Gasteiger partial charge in [-0.2, -0.15) is 0 Å². The molecule has 1 aromatic carbocycles. The molecule has 0 saturated carbocycles. The van der Waals surface area contributed by atoms with Crippen molar-refractivity contribution >= 4 is 17.6 Å². The van der Waals surface area contributed by atoms with E-state index in [1.165, 1.54) is 14.2 Å². The van der Waals surface area contributed by atoms with E-state index in [1.807, 2.05) is 32.9 Å². The molecular weight excluding hydrogens is 256 g/mol. The Labute approximate surface area is 119 Å². The van der Waals surface area contributed by atoms with Crippen LogP contribution < -0.4 is 10.6 Å². The predicted molar refractivity (Wildman–Crippen MR) is 78.4 cm³/mol. The molecule has 0 fully saturated rings. The molecule has 20 heavy (non-hydrogen) atoms. The number of amides is 1. The summed E-state index contributed by atoms with van der Waals surface area (Å²) in [6.45, 7) is 5.90. The van der Waals surface area contributed by atoms with E-state index < -0.39 is 5.97 Å². The summed E-state index contributed by atoms with van der Waals surface area (Å²) in [5.74, 6) is -0.965. The molecule has 108 valence electrons. The maximum Gasteiger partial charge on any atom is 0.332 e. The highest BCUT2D eigenvalue weighted by Crippen LogP contribution is 2.23. The lowest BCUT2D eigenvalue weighted by molar-refractivity contribution is -0.135. The number of hydrogen-bond donors (Lipinski definition) is 2. The topological polar surface area (TPSA) is 67.4 Å². The molecule has 1 rings (SSSR count). The first-order chi connectivity index (χ1) is 9.38. The fourth-order valence-electron chi connectivity index (χ4n) is 1.98. The number of likely N-dealkylation sites (N-methyl/N-ethyl adjacent to an activating group) is 1. The van der Waals surface area contributed by atoms with Crippen molar-refractivity contribution in [3.05, 3.63) is 40.6 Å². The van der Waals surface area contributed by atoms with Crippen LogP contribution in [0.3, 0.4) is 0 Å². The van der Waals surface area contributed by atoms with Crippen LogP contribution >= 0.6 is 0 Å². The summed E-state index contributed by atoms with van der Waals surface area (Å²) in [4.78, 5) is 23.1. The number of esters is 1. The minimum atomic E-state index is -0.585. The summed E-state index contributed by atoms with van der Waals surface area (Å²) in [7, 11) is 2.77. The van der Waals surface area contributed by atoms with E-state index in [2.05, 4.69) is 15.4 Å². The van der Waals surface area contributed by atoms with Crippen molar-refractivity contribution in [1.29, 1.82) is 0 Å². The van der Waals surface area contributed by atoms with Gasteiger partial charge in [0.05, 0.1) is 13.2 Å². The van der Waals surface area contributed by atoms with Gasteiger partial charge in [-0.05, 0) is 31.9 Å². The van der Waals surface area contributed by atoms with Gasteiger partial charge < -0.3 is 15.4 Å². The van der Waals surface area contributed by atoms with Gasteiger partial charge in [-0.3, -0.25) is 4.79 Å². The summed E-state index contributed by atoms with van der Waals surface area (Å²) in [6, 6.07) is 4.02. The van der Waals surface area contributed by atoms with Crippen molar-refractivity contribution in [2.24, 2.45) is 0 Å². The molecule has 0 saturated heterocycles. The number of hydrogen-bond acceptors (Lipinski definition) is 4. The van der Waals surface area contributed by atoms with Crippen LogP contribution in [0.4, 0.5) is 5.69 Å². The van der Waals surface area contributed by atoms with Gasteiger partial charge in [0.1, 0.15) is 5.70 Å². The maximum atomic E-state index is 11.8. The average molecular weight is 276 g/mol. The lowest BCUT2D eigenvalue weighted by Gasteiger charge is -2.15. The molecule has 0 atom stereocenters. The molecule has 5 heteroatoms. The minimum absolute atomic E-state index is 0.148. The largest absolute Gasteiger partial charge is 0.466 e. The first-order valence-electron chi connectivity index (χ1n) is 6.25. The molecule has 0 bridgehead atoms. The monoisotopic (exact) mass is 276 g/mol. The number of methoxy groups -OCH3 is 1. The molecule has 0 aliphatic heterocycles. The van der Waals surface area contributed by atoms with Crippen molar-refractivity contribution in [1.82, 2.24) is 5.32 Å². The molecule has 0 aromatic heterocycles. The Morgan fingerprint density at radius 2 is 1.70 bits per heavy atom. The van der Waals surface area contributed by atoms with E-state index in [-0.39, 0.29) is 11.6 Å². The number of nitrogens with one attached hydrogen (secondary N) is 2. The number of carbonyl (C=O) groups is 2. The van der Waals surface area contributed by atoms with Crippen LogP contribution in [0.1, 0.15) is 16.7 Å². The third-order valence-electron chi connectivity index (χ3n) is 2.87. The maximum absolute atomic E-state index is 11.8. The molecule has 0 aliphatic rings. The highest BCUT2D eigenvalue weighted by Gasteiger charge is 2.13. The van der Waals surface area contributed by atoms with Crippen molar-refractivity contribution in [3.63, 3.8) is 0 Å². The number of benzene rings is 1. The Balaban J connectivity index is 3.17. The lowest BCUT2D eigenvalue weighted by atomic mass is 10.0. The Bertz CT molecular complexity index is 539. The van der Waals surface area contributed by atoms with E-state index >= 15 is 0 Å². The average Bonchev–Trinajstić information content (AvgIpc) is 2.40. The molecule has 1 aromatic rings. The van der Waals surface area contributed by atoms with Gasteiger partial charge in [-0.15, -0.1) is 0 Å². The second-order valence-electron chi connectivity index (χ2n) is 4.56. The van der Waals surface area contributed by atoms with Gasteiger partial charge in [0, 0.05) is 12.7 Å². The number of aryl methyl sites for hydroxylation is 3. The molecule has 0 heterocycles. The quantitative estimate of drug-likeness (QED) is 0.650. The second-order valence-corrected chi connectivity index (χ2v) is 4.56. The summed E-state index contributed by atoms with van der Waals surface area (Å²) in [5, 5.41) is 5.49.